The van der Waals surface area contributed by atoms with Crippen LogP contribution >= 0.6 is 0 Å². The number of likely N-dealkylation sites (tertiary alicyclic amines) is 1. The predicted molar refractivity (Wildman–Crippen MR) is 98.7 cm³/mol. The number of nitrogens with zero attached hydrogens (tertiary/aromatic N) is 3. The molecular weight excluding hydrogens is 303 g/mol. The summed E-state index contributed by atoms with van der Waals surface area (Å²) >= 11 is 0. The number of hydrogen-bond donors (Lipinski definition) is 1. The molecule has 0 aromatic heterocycles. The van der Waals surface area contributed by atoms with Gasteiger partial charge in [-0.05, 0) is 62.5 Å². The molecule has 1 aliphatic heterocycles. The monoisotopic (exact) mass is 334 g/mol. The van der Waals surface area contributed by atoms with E-state index in [1.807, 2.05) is 18.0 Å². The molecule has 1 N–H and O–H groups in total. The van der Waals surface area contributed by atoms with Crippen molar-refractivity contribution in [1.29, 1.82) is 0 Å². The minimum atomic E-state index is -0.192. The first kappa shape index (κ1) is 18.7. The predicted octanol–water partition coefficient (Wildman–Crippen LogP) is 2.95. The Kier molecular flexibility index (Phi) is 7.50. The van der Waals surface area contributed by atoms with Crippen LogP contribution in [0, 0.1) is 11.7 Å². The molecule has 0 aliphatic carbocycles. The number of hydrogen-bond acceptors (Lipinski definition) is 2. The zero-order valence-corrected chi connectivity index (χ0v) is 15.3. The molecule has 0 amide bonds. The molecular formula is C19H31FN4. The minimum absolute atomic E-state index is 0.192. The van der Waals surface area contributed by atoms with Crippen molar-refractivity contribution in [3.05, 3.63) is 35.6 Å². The first-order valence-electron chi connectivity index (χ1n) is 9.01. The number of aliphatic imine (C=N–C) groups is 1. The fourth-order valence-electron chi connectivity index (χ4n) is 3.33. The lowest BCUT2D eigenvalue weighted by atomic mass is 9.97. The van der Waals surface area contributed by atoms with Crippen molar-refractivity contribution < 1.29 is 4.39 Å². The second-order valence-corrected chi connectivity index (χ2v) is 6.70. The summed E-state index contributed by atoms with van der Waals surface area (Å²) in [6.07, 6.45) is 3.73. The lowest BCUT2D eigenvalue weighted by Gasteiger charge is -2.32. The molecule has 0 unspecified atom stereocenters. The maximum Gasteiger partial charge on any atom is 0.193 e. The summed E-state index contributed by atoms with van der Waals surface area (Å²) in [6.45, 7) is 7.48. The third-order valence-corrected chi connectivity index (χ3v) is 4.68. The van der Waals surface area contributed by atoms with Crippen molar-refractivity contribution in [2.75, 3.05) is 40.3 Å². The molecule has 0 saturated carbocycles. The van der Waals surface area contributed by atoms with E-state index in [1.54, 1.807) is 19.2 Å². The molecule has 0 atom stereocenters. The van der Waals surface area contributed by atoms with Gasteiger partial charge in [0.05, 0.1) is 0 Å². The van der Waals surface area contributed by atoms with Crippen LogP contribution in [0.1, 0.15) is 31.7 Å². The van der Waals surface area contributed by atoms with Crippen molar-refractivity contribution in [1.82, 2.24) is 15.1 Å². The van der Waals surface area contributed by atoms with Gasteiger partial charge in [-0.25, -0.2) is 4.39 Å². The lowest BCUT2D eigenvalue weighted by molar-refractivity contribution is 0.185. The molecule has 1 saturated heterocycles. The quantitative estimate of drug-likeness (QED) is 0.641. The number of halogens is 1. The standard InChI is InChI=1S/C19H31FN4/c1-4-10-24-11-8-16(9-12-24)14-22-19(21-2)23(3)15-17-6-5-7-18(20)13-17/h5-7,13,16H,4,8-12,14-15H2,1-3H3,(H,21,22). The molecule has 0 bridgehead atoms. The van der Waals surface area contributed by atoms with Crippen LogP contribution in [0.15, 0.2) is 29.3 Å². The topological polar surface area (TPSA) is 30.9 Å². The average Bonchev–Trinajstić information content (AvgIpc) is 2.57. The number of benzene rings is 1. The van der Waals surface area contributed by atoms with Gasteiger partial charge in [-0.3, -0.25) is 4.99 Å². The van der Waals surface area contributed by atoms with E-state index < -0.39 is 0 Å². The van der Waals surface area contributed by atoms with Crippen LogP contribution in [0.25, 0.3) is 0 Å². The Morgan fingerprint density at radius 2 is 2.12 bits per heavy atom. The lowest BCUT2D eigenvalue weighted by Crippen LogP contribution is -2.43. The van der Waals surface area contributed by atoms with Crippen molar-refractivity contribution >= 4 is 5.96 Å². The molecule has 0 radical (unpaired) electrons. The van der Waals surface area contributed by atoms with Crippen molar-refractivity contribution in [3.63, 3.8) is 0 Å². The molecule has 1 heterocycles. The largest absolute Gasteiger partial charge is 0.356 e. The van der Waals surface area contributed by atoms with Gasteiger partial charge < -0.3 is 15.1 Å². The van der Waals surface area contributed by atoms with Gasteiger partial charge in [-0.2, -0.15) is 0 Å². The van der Waals surface area contributed by atoms with Crippen LogP contribution in [0.3, 0.4) is 0 Å². The first-order valence-corrected chi connectivity index (χ1v) is 9.01. The van der Waals surface area contributed by atoms with Crippen LogP contribution in [0.5, 0.6) is 0 Å². The molecule has 1 fully saturated rings. The number of nitrogens with one attached hydrogen (secondary N) is 1. The van der Waals surface area contributed by atoms with Crippen molar-refractivity contribution in [3.8, 4) is 0 Å². The maximum atomic E-state index is 13.3. The van der Waals surface area contributed by atoms with Crippen LogP contribution in [0.2, 0.25) is 0 Å². The number of guanidine groups is 1. The summed E-state index contributed by atoms with van der Waals surface area (Å²) in [4.78, 5) is 8.96. The summed E-state index contributed by atoms with van der Waals surface area (Å²) < 4.78 is 13.3. The Morgan fingerprint density at radius 1 is 1.38 bits per heavy atom. The molecule has 5 heteroatoms. The molecule has 1 aliphatic rings. The molecule has 1 aromatic carbocycles. The Labute approximate surface area is 145 Å². The summed E-state index contributed by atoms with van der Waals surface area (Å²) in [5.74, 6) is 1.38. The zero-order chi connectivity index (χ0) is 17.4. The summed E-state index contributed by atoms with van der Waals surface area (Å²) in [6, 6.07) is 6.74. The SMILES string of the molecule is CCCN1CCC(CNC(=NC)N(C)Cc2cccc(F)c2)CC1. The van der Waals surface area contributed by atoms with Gasteiger partial charge in [-0.1, -0.05) is 19.1 Å². The van der Waals surface area contributed by atoms with Crippen LogP contribution in [-0.4, -0.2) is 56.0 Å². The highest BCUT2D eigenvalue weighted by molar-refractivity contribution is 5.79. The van der Waals surface area contributed by atoms with Crippen LogP contribution in [0.4, 0.5) is 4.39 Å². The van der Waals surface area contributed by atoms with E-state index in [4.69, 9.17) is 0 Å². The van der Waals surface area contributed by atoms with E-state index in [0.717, 1.165) is 18.1 Å². The third-order valence-electron chi connectivity index (χ3n) is 4.68. The van der Waals surface area contributed by atoms with E-state index in [2.05, 4.69) is 22.1 Å². The highest BCUT2D eigenvalue weighted by atomic mass is 19.1. The Hall–Kier alpha value is -1.62. The second-order valence-electron chi connectivity index (χ2n) is 6.70. The van der Waals surface area contributed by atoms with Gasteiger partial charge in [0.1, 0.15) is 5.82 Å². The summed E-state index contributed by atoms with van der Waals surface area (Å²) in [5.41, 5.74) is 0.952. The zero-order valence-electron chi connectivity index (χ0n) is 15.3. The van der Waals surface area contributed by atoms with Gasteiger partial charge in [0.2, 0.25) is 0 Å². The van der Waals surface area contributed by atoms with Gasteiger partial charge in [0.25, 0.3) is 0 Å². The molecule has 0 spiro atoms. The first-order chi connectivity index (χ1) is 11.6. The summed E-state index contributed by atoms with van der Waals surface area (Å²) in [5, 5.41) is 3.48. The normalized spacial score (nSPS) is 17.1. The van der Waals surface area contributed by atoms with E-state index in [9.17, 15) is 4.39 Å². The molecule has 2 rings (SSSR count). The maximum absolute atomic E-state index is 13.3. The van der Waals surface area contributed by atoms with Crippen molar-refractivity contribution in [2.45, 2.75) is 32.7 Å². The smallest absolute Gasteiger partial charge is 0.193 e. The fourth-order valence-corrected chi connectivity index (χ4v) is 3.33. The Morgan fingerprint density at radius 3 is 2.75 bits per heavy atom. The molecule has 134 valence electrons. The Balaban J connectivity index is 1.78. The number of rotatable bonds is 6. The number of piperidine rings is 1. The van der Waals surface area contributed by atoms with E-state index in [1.165, 1.54) is 45.0 Å². The van der Waals surface area contributed by atoms with Crippen molar-refractivity contribution in [2.24, 2.45) is 10.9 Å². The van der Waals surface area contributed by atoms with Gasteiger partial charge in [0, 0.05) is 27.2 Å². The van der Waals surface area contributed by atoms with E-state index >= 15 is 0 Å². The van der Waals surface area contributed by atoms with Crippen LogP contribution < -0.4 is 5.32 Å². The molecule has 4 nitrogen and oxygen atoms in total. The third kappa shape index (κ3) is 5.78. The minimum Gasteiger partial charge on any atom is -0.356 e. The molecule has 24 heavy (non-hydrogen) atoms. The highest BCUT2D eigenvalue weighted by Gasteiger charge is 2.19. The molecule has 1 aromatic rings. The van der Waals surface area contributed by atoms with E-state index in [-0.39, 0.29) is 5.82 Å². The highest BCUT2D eigenvalue weighted by Crippen LogP contribution is 2.16. The average molecular weight is 334 g/mol. The van der Waals surface area contributed by atoms with E-state index in [0.29, 0.717) is 12.5 Å². The van der Waals surface area contributed by atoms with Gasteiger partial charge >= 0.3 is 0 Å². The summed E-state index contributed by atoms with van der Waals surface area (Å²) in [7, 11) is 3.79. The van der Waals surface area contributed by atoms with Crippen LogP contribution in [-0.2, 0) is 6.54 Å². The van der Waals surface area contributed by atoms with Gasteiger partial charge in [-0.15, -0.1) is 0 Å². The fraction of sp³-hybridized carbons (Fsp3) is 0.632. The van der Waals surface area contributed by atoms with Gasteiger partial charge in [0.15, 0.2) is 5.96 Å². The second kappa shape index (κ2) is 9.62. The Bertz CT molecular complexity index is 524.